The molecule has 18 heavy (non-hydrogen) atoms. The molecule has 0 aliphatic rings. The maximum Gasteiger partial charge on any atom is 0.243 e. The summed E-state index contributed by atoms with van der Waals surface area (Å²) in [5.41, 5.74) is 0.854. The average Bonchev–Trinajstić information content (AvgIpc) is 2.79. The van der Waals surface area contributed by atoms with E-state index >= 15 is 0 Å². The minimum absolute atomic E-state index is 0.668. The smallest absolute Gasteiger partial charge is 0.243 e. The van der Waals surface area contributed by atoms with Crippen molar-refractivity contribution in [2.45, 2.75) is 0 Å². The van der Waals surface area contributed by atoms with Gasteiger partial charge in [-0.15, -0.1) is 5.10 Å². The van der Waals surface area contributed by atoms with Gasteiger partial charge in [-0.1, -0.05) is 6.07 Å². The first-order valence-electron chi connectivity index (χ1n) is 6.02. The Morgan fingerprint density at radius 1 is 1.39 bits per heavy atom. The first-order valence-corrected chi connectivity index (χ1v) is 6.02. The summed E-state index contributed by atoms with van der Waals surface area (Å²) in [6, 6.07) is 5.82. The lowest BCUT2D eigenvalue weighted by molar-refractivity contribution is 0.163. The number of likely N-dealkylation sites (N-methyl/N-ethyl adjacent to an activating group) is 1. The molecule has 2 aromatic heterocycles. The third-order valence-corrected chi connectivity index (χ3v) is 2.70. The molecule has 0 fully saturated rings. The van der Waals surface area contributed by atoms with Gasteiger partial charge >= 0.3 is 0 Å². The van der Waals surface area contributed by atoms with E-state index < -0.39 is 0 Å². The number of rotatable bonds is 7. The SMILES string of the molecule is COCCN(C)CCNc1nc2ccccn2n1. The average molecular weight is 249 g/mol. The summed E-state index contributed by atoms with van der Waals surface area (Å²) in [6.45, 7) is 3.43. The van der Waals surface area contributed by atoms with Crippen molar-refractivity contribution in [3.05, 3.63) is 24.4 Å². The molecule has 98 valence electrons. The lowest BCUT2D eigenvalue weighted by Gasteiger charge is -2.15. The Morgan fingerprint density at radius 3 is 3.06 bits per heavy atom. The van der Waals surface area contributed by atoms with Gasteiger partial charge < -0.3 is 15.0 Å². The molecule has 0 atom stereocenters. The molecule has 6 heteroatoms. The van der Waals surface area contributed by atoms with Crippen molar-refractivity contribution in [3.63, 3.8) is 0 Å². The number of hydrogen-bond donors (Lipinski definition) is 1. The first-order chi connectivity index (χ1) is 8.79. The minimum atomic E-state index is 0.668. The van der Waals surface area contributed by atoms with Gasteiger partial charge in [0.15, 0.2) is 5.65 Å². The largest absolute Gasteiger partial charge is 0.383 e. The summed E-state index contributed by atoms with van der Waals surface area (Å²) >= 11 is 0. The van der Waals surface area contributed by atoms with E-state index in [9.17, 15) is 0 Å². The first kappa shape index (κ1) is 12.8. The van der Waals surface area contributed by atoms with Crippen LogP contribution in [0.15, 0.2) is 24.4 Å². The van der Waals surface area contributed by atoms with E-state index in [-0.39, 0.29) is 0 Å². The van der Waals surface area contributed by atoms with Gasteiger partial charge in [0.2, 0.25) is 5.95 Å². The number of aromatic nitrogens is 3. The third-order valence-electron chi connectivity index (χ3n) is 2.70. The van der Waals surface area contributed by atoms with Crippen LogP contribution < -0.4 is 5.32 Å². The van der Waals surface area contributed by atoms with Crippen LogP contribution in [-0.4, -0.2) is 59.9 Å². The molecule has 0 amide bonds. The Hall–Kier alpha value is -1.66. The molecule has 0 aliphatic carbocycles. The van der Waals surface area contributed by atoms with E-state index in [4.69, 9.17) is 4.74 Å². The minimum Gasteiger partial charge on any atom is -0.383 e. The van der Waals surface area contributed by atoms with Crippen LogP contribution in [0.25, 0.3) is 5.65 Å². The molecule has 2 heterocycles. The van der Waals surface area contributed by atoms with E-state index in [0.717, 1.165) is 31.9 Å². The van der Waals surface area contributed by atoms with Gasteiger partial charge in [-0.3, -0.25) is 0 Å². The fourth-order valence-corrected chi connectivity index (χ4v) is 1.62. The summed E-state index contributed by atoms with van der Waals surface area (Å²) in [7, 11) is 3.78. The number of pyridine rings is 1. The molecular formula is C12H19N5O. The topological polar surface area (TPSA) is 54.7 Å². The fraction of sp³-hybridized carbons (Fsp3) is 0.500. The highest BCUT2D eigenvalue weighted by molar-refractivity contribution is 5.42. The van der Waals surface area contributed by atoms with E-state index in [2.05, 4.69) is 27.3 Å². The number of ether oxygens (including phenoxy) is 1. The van der Waals surface area contributed by atoms with Gasteiger partial charge in [0, 0.05) is 32.9 Å². The predicted octanol–water partition coefficient (Wildman–Crippen LogP) is 0.719. The molecule has 2 aromatic rings. The fourth-order valence-electron chi connectivity index (χ4n) is 1.62. The second kappa shape index (κ2) is 6.32. The van der Waals surface area contributed by atoms with Crippen molar-refractivity contribution >= 4 is 11.6 Å². The number of nitrogens with one attached hydrogen (secondary N) is 1. The predicted molar refractivity (Wildman–Crippen MR) is 70.8 cm³/mol. The van der Waals surface area contributed by atoms with Crippen LogP contribution in [0.5, 0.6) is 0 Å². The van der Waals surface area contributed by atoms with Crippen molar-refractivity contribution in [1.29, 1.82) is 0 Å². The molecule has 0 spiro atoms. The molecule has 2 rings (SSSR count). The van der Waals surface area contributed by atoms with Crippen LogP contribution in [0.1, 0.15) is 0 Å². The highest BCUT2D eigenvalue weighted by Crippen LogP contribution is 2.03. The monoisotopic (exact) mass is 249 g/mol. The van der Waals surface area contributed by atoms with E-state index in [1.165, 1.54) is 0 Å². The Balaban J connectivity index is 1.79. The summed E-state index contributed by atoms with van der Waals surface area (Å²) < 4.78 is 6.79. The van der Waals surface area contributed by atoms with Crippen LogP contribution in [-0.2, 0) is 4.74 Å². The molecular weight excluding hydrogens is 230 g/mol. The number of anilines is 1. The molecule has 0 unspecified atom stereocenters. The highest BCUT2D eigenvalue weighted by Gasteiger charge is 2.02. The number of fused-ring (bicyclic) bond motifs is 1. The molecule has 0 radical (unpaired) electrons. The summed E-state index contributed by atoms with van der Waals surface area (Å²) in [5, 5.41) is 7.54. The Labute approximate surface area is 107 Å². The van der Waals surface area contributed by atoms with E-state index in [1.54, 1.807) is 11.6 Å². The molecule has 0 saturated carbocycles. The van der Waals surface area contributed by atoms with Crippen LogP contribution in [0.4, 0.5) is 5.95 Å². The van der Waals surface area contributed by atoms with E-state index in [0.29, 0.717) is 5.95 Å². The van der Waals surface area contributed by atoms with Crippen molar-refractivity contribution in [3.8, 4) is 0 Å². The lowest BCUT2D eigenvalue weighted by Crippen LogP contribution is -2.28. The zero-order chi connectivity index (χ0) is 12.8. The molecule has 0 aromatic carbocycles. The van der Waals surface area contributed by atoms with Gasteiger partial charge in [-0.25, -0.2) is 4.52 Å². The Morgan fingerprint density at radius 2 is 2.28 bits per heavy atom. The number of methoxy groups -OCH3 is 1. The normalized spacial score (nSPS) is 11.3. The highest BCUT2D eigenvalue weighted by atomic mass is 16.5. The standard InChI is InChI=1S/C12H19N5O/c1-16(9-10-18-2)8-6-13-12-14-11-5-3-4-7-17(11)15-12/h3-5,7H,6,8-10H2,1-2H3,(H,13,15). The Bertz CT molecular complexity index is 451. The van der Waals surface area contributed by atoms with Crippen LogP contribution in [0.3, 0.4) is 0 Å². The van der Waals surface area contributed by atoms with Gasteiger partial charge in [-0.05, 0) is 19.2 Å². The van der Waals surface area contributed by atoms with Crippen molar-refractivity contribution in [2.75, 3.05) is 45.7 Å². The van der Waals surface area contributed by atoms with Crippen LogP contribution >= 0.6 is 0 Å². The van der Waals surface area contributed by atoms with E-state index in [1.807, 2.05) is 24.4 Å². The van der Waals surface area contributed by atoms with Gasteiger partial charge in [0.25, 0.3) is 0 Å². The van der Waals surface area contributed by atoms with Gasteiger partial charge in [0.05, 0.1) is 6.61 Å². The van der Waals surface area contributed by atoms with Crippen molar-refractivity contribution < 1.29 is 4.74 Å². The number of nitrogens with zero attached hydrogens (tertiary/aromatic N) is 4. The summed E-state index contributed by atoms with van der Waals surface area (Å²) in [5.74, 6) is 0.668. The number of hydrogen-bond acceptors (Lipinski definition) is 5. The molecule has 0 saturated heterocycles. The zero-order valence-corrected chi connectivity index (χ0v) is 10.8. The van der Waals surface area contributed by atoms with Gasteiger partial charge in [-0.2, -0.15) is 4.98 Å². The van der Waals surface area contributed by atoms with Crippen molar-refractivity contribution in [1.82, 2.24) is 19.5 Å². The lowest BCUT2D eigenvalue weighted by atomic mass is 10.5. The van der Waals surface area contributed by atoms with Crippen LogP contribution in [0.2, 0.25) is 0 Å². The molecule has 0 aliphatic heterocycles. The second-order valence-corrected chi connectivity index (χ2v) is 4.16. The maximum absolute atomic E-state index is 5.03. The summed E-state index contributed by atoms with van der Waals surface area (Å²) in [4.78, 5) is 6.57. The maximum atomic E-state index is 5.03. The zero-order valence-electron chi connectivity index (χ0n) is 10.8. The second-order valence-electron chi connectivity index (χ2n) is 4.16. The van der Waals surface area contributed by atoms with Crippen LogP contribution in [0, 0.1) is 0 Å². The van der Waals surface area contributed by atoms with Gasteiger partial charge in [0.1, 0.15) is 0 Å². The third kappa shape index (κ3) is 3.41. The summed E-state index contributed by atoms with van der Waals surface area (Å²) in [6.07, 6.45) is 1.89. The molecule has 6 nitrogen and oxygen atoms in total. The molecule has 0 bridgehead atoms. The molecule has 1 N–H and O–H groups in total. The Kier molecular flexibility index (Phi) is 4.49. The van der Waals surface area contributed by atoms with Crippen molar-refractivity contribution in [2.24, 2.45) is 0 Å². The quantitative estimate of drug-likeness (QED) is 0.783.